The van der Waals surface area contributed by atoms with Crippen LogP contribution in [0.15, 0.2) is 42.5 Å². The van der Waals surface area contributed by atoms with Crippen molar-refractivity contribution in [3.8, 4) is 0 Å². The van der Waals surface area contributed by atoms with Gasteiger partial charge in [-0.25, -0.2) is 9.69 Å². The van der Waals surface area contributed by atoms with Crippen LogP contribution in [0.5, 0.6) is 0 Å². The van der Waals surface area contributed by atoms with Crippen molar-refractivity contribution in [2.24, 2.45) is 0 Å². The number of ether oxygens (including phenoxy) is 1. The quantitative estimate of drug-likeness (QED) is 0.426. The third-order valence-electron chi connectivity index (χ3n) is 4.40. The second kappa shape index (κ2) is 8.87. The van der Waals surface area contributed by atoms with Gasteiger partial charge in [-0.1, -0.05) is 37.1 Å². The minimum Gasteiger partial charge on any atom is -0.452 e. The van der Waals surface area contributed by atoms with Gasteiger partial charge in [0, 0.05) is 6.54 Å². The number of esters is 1. The van der Waals surface area contributed by atoms with Crippen molar-refractivity contribution in [3.63, 3.8) is 0 Å². The fraction of sp³-hybridized carbons (Fsp3) is 0.238. The zero-order chi connectivity index (χ0) is 21.0. The molecule has 1 N–H and O–H groups in total. The number of carbonyl (C=O) groups is 4. The Morgan fingerprint density at radius 3 is 2.52 bits per heavy atom. The molecular weight excluding hydrogens is 396 g/mol. The van der Waals surface area contributed by atoms with Crippen molar-refractivity contribution < 1.29 is 23.9 Å². The molecule has 1 heterocycles. The summed E-state index contributed by atoms with van der Waals surface area (Å²) >= 11 is 6.12. The molecule has 2 aromatic carbocycles. The molecule has 0 aromatic heterocycles. The van der Waals surface area contributed by atoms with Gasteiger partial charge >= 0.3 is 5.97 Å². The number of imide groups is 1. The molecule has 0 saturated carbocycles. The van der Waals surface area contributed by atoms with Gasteiger partial charge in [-0.3, -0.25) is 14.4 Å². The number of benzene rings is 2. The molecule has 1 aliphatic rings. The summed E-state index contributed by atoms with van der Waals surface area (Å²) in [5.41, 5.74) is 0.598. The van der Waals surface area contributed by atoms with Crippen LogP contribution in [0.3, 0.4) is 0 Å². The number of amides is 3. The van der Waals surface area contributed by atoms with E-state index in [9.17, 15) is 19.2 Å². The molecule has 2 aromatic rings. The molecule has 0 radical (unpaired) electrons. The molecule has 8 heteroatoms. The molecule has 3 amide bonds. The van der Waals surface area contributed by atoms with E-state index in [2.05, 4.69) is 5.32 Å². The summed E-state index contributed by atoms with van der Waals surface area (Å²) in [6, 6.07) is 10.6. The van der Waals surface area contributed by atoms with Crippen molar-refractivity contribution in [1.29, 1.82) is 0 Å². The van der Waals surface area contributed by atoms with Crippen LogP contribution >= 0.6 is 11.6 Å². The number of rotatable bonds is 7. The first-order chi connectivity index (χ1) is 13.9. The van der Waals surface area contributed by atoms with Crippen LogP contribution in [0, 0.1) is 0 Å². The Morgan fingerprint density at radius 1 is 1.07 bits per heavy atom. The van der Waals surface area contributed by atoms with Crippen LogP contribution in [-0.4, -0.2) is 36.8 Å². The van der Waals surface area contributed by atoms with E-state index in [1.807, 2.05) is 6.92 Å². The Kier molecular flexibility index (Phi) is 6.29. The fourth-order valence-corrected chi connectivity index (χ4v) is 3.11. The van der Waals surface area contributed by atoms with Crippen LogP contribution in [-0.2, 0) is 9.53 Å². The predicted octanol–water partition coefficient (Wildman–Crippen LogP) is 3.21. The largest absolute Gasteiger partial charge is 0.452 e. The lowest BCUT2D eigenvalue weighted by atomic mass is 10.1. The van der Waals surface area contributed by atoms with E-state index in [4.69, 9.17) is 16.3 Å². The number of nitrogens with zero attached hydrogens (tertiary/aromatic N) is 1. The minimum atomic E-state index is -0.755. The molecule has 0 spiro atoms. The van der Waals surface area contributed by atoms with E-state index >= 15 is 0 Å². The first-order valence-electron chi connectivity index (χ1n) is 9.15. The summed E-state index contributed by atoms with van der Waals surface area (Å²) < 4.78 is 4.99. The zero-order valence-electron chi connectivity index (χ0n) is 15.7. The molecular formula is C21H19ClN2O5. The molecule has 1 aliphatic heterocycles. The minimum absolute atomic E-state index is 0.0762. The van der Waals surface area contributed by atoms with Crippen molar-refractivity contribution in [3.05, 3.63) is 64.2 Å². The Bertz CT molecular complexity index is 989. The third kappa shape index (κ3) is 4.30. The molecule has 29 heavy (non-hydrogen) atoms. The summed E-state index contributed by atoms with van der Waals surface area (Å²) in [6.45, 7) is 2.09. The Balaban J connectivity index is 1.73. The molecule has 0 aliphatic carbocycles. The molecule has 7 nitrogen and oxygen atoms in total. The van der Waals surface area contributed by atoms with E-state index in [0.29, 0.717) is 6.54 Å². The van der Waals surface area contributed by atoms with Crippen molar-refractivity contribution in [2.75, 3.05) is 18.1 Å². The van der Waals surface area contributed by atoms with Crippen LogP contribution < -0.4 is 10.2 Å². The molecule has 0 bridgehead atoms. The van der Waals surface area contributed by atoms with E-state index in [1.165, 1.54) is 18.2 Å². The number of carbonyl (C=O) groups excluding carboxylic acids is 4. The predicted molar refractivity (Wildman–Crippen MR) is 107 cm³/mol. The van der Waals surface area contributed by atoms with Gasteiger partial charge in [0.2, 0.25) is 0 Å². The Labute approximate surface area is 172 Å². The summed E-state index contributed by atoms with van der Waals surface area (Å²) in [6.07, 6.45) is 1.77. The highest BCUT2D eigenvalue weighted by Crippen LogP contribution is 2.33. The number of hydrogen-bond acceptors (Lipinski definition) is 5. The number of nitrogens with one attached hydrogen (secondary N) is 1. The van der Waals surface area contributed by atoms with Crippen molar-refractivity contribution in [1.82, 2.24) is 5.32 Å². The van der Waals surface area contributed by atoms with Crippen LogP contribution in [0.4, 0.5) is 5.69 Å². The highest BCUT2D eigenvalue weighted by atomic mass is 35.5. The van der Waals surface area contributed by atoms with Crippen LogP contribution in [0.25, 0.3) is 0 Å². The van der Waals surface area contributed by atoms with Gasteiger partial charge in [0.15, 0.2) is 6.61 Å². The molecule has 150 valence electrons. The maximum atomic E-state index is 12.8. The lowest BCUT2D eigenvalue weighted by Crippen LogP contribution is -2.29. The number of para-hydroxylation sites is 1. The second-order valence-corrected chi connectivity index (χ2v) is 6.84. The van der Waals surface area contributed by atoms with Crippen molar-refractivity contribution in [2.45, 2.75) is 19.8 Å². The lowest BCUT2D eigenvalue weighted by Gasteiger charge is -2.15. The summed E-state index contributed by atoms with van der Waals surface area (Å²) in [7, 11) is 0. The number of halogens is 1. The van der Waals surface area contributed by atoms with Gasteiger partial charge in [-0.05, 0) is 36.8 Å². The smallest absolute Gasteiger partial charge is 0.338 e. The van der Waals surface area contributed by atoms with Gasteiger partial charge in [-0.2, -0.15) is 0 Å². The molecule has 3 rings (SSSR count). The van der Waals surface area contributed by atoms with Gasteiger partial charge in [-0.15, -0.1) is 0 Å². The third-order valence-corrected chi connectivity index (χ3v) is 4.72. The first kappa shape index (κ1) is 20.5. The van der Waals surface area contributed by atoms with Gasteiger partial charge in [0.25, 0.3) is 17.7 Å². The highest BCUT2D eigenvalue weighted by molar-refractivity contribution is 6.39. The molecule has 0 saturated heterocycles. The summed E-state index contributed by atoms with van der Waals surface area (Å²) in [4.78, 5) is 50.3. The second-order valence-electron chi connectivity index (χ2n) is 6.44. The van der Waals surface area contributed by atoms with Gasteiger partial charge < -0.3 is 10.1 Å². The average molecular weight is 415 g/mol. The molecule has 0 fully saturated rings. The highest BCUT2D eigenvalue weighted by Gasteiger charge is 2.38. The number of unbranched alkanes of at least 4 members (excludes halogenated alkanes) is 1. The standard InChI is InChI=1S/C21H19ClN2O5/c1-2-3-10-23-18(25)12-29-21(28)13-8-9-14-15(11-13)20(27)24(19(14)26)17-7-5-4-6-16(17)22/h4-9,11H,2-3,10,12H2,1H3,(H,23,25). The maximum absolute atomic E-state index is 12.8. The number of fused-ring (bicyclic) bond motifs is 1. The number of anilines is 1. The Hall–Kier alpha value is -3.19. The van der Waals surface area contributed by atoms with Crippen LogP contribution in [0.1, 0.15) is 50.8 Å². The lowest BCUT2D eigenvalue weighted by molar-refractivity contribution is -0.124. The topological polar surface area (TPSA) is 92.8 Å². The first-order valence-corrected chi connectivity index (χ1v) is 9.53. The number of hydrogen-bond donors (Lipinski definition) is 1. The van der Waals surface area contributed by atoms with Crippen LogP contribution in [0.2, 0.25) is 5.02 Å². The van der Waals surface area contributed by atoms with E-state index in [1.54, 1.807) is 24.3 Å². The summed E-state index contributed by atoms with van der Waals surface area (Å²) in [5.74, 6) is -2.25. The average Bonchev–Trinajstić information content (AvgIpc) is 2.97. The SMILES string of the molecule is CCCCNC(=O)COC(=O)c1ccc2c(c1)C(=O)N(c1ccccc1Cl)C2=O. The van der Waals surface area contributed by atoms with E-state index < -0.39 is 30.3 Å². The monoisotopic (exact) mass is 414 g/mol. The normalized spacial score (nSPS) is 12.7. The van der Waals surface area contributed by atoms with E-state index in [-0.39, 0.29) is 27.4 Å². The zero-order valence-corrected chi connectivity index (χ0v) is 16.5. The Morgan fingerprint density at radius 2 is 1.79 bits per heavy atom. The van der Waals surface area contributed by atoms with Gasteiger partial charge in [0.05, 0.1) is 27.4 Å². The fourth-order valence-electron chi connectivity index (χ4n) is 2.89. The maximum Gasteiger partial charge on any atom is 0.338 e. The summed E-state index contributed by atoms with van der Waals surface area (Å²) in [5, 5.41) is 2.90. The van der Waals surface area contributed by atoms with Crippen molar-refractivity contribution >= 4 is 41.0 Å². The van der Waals surface area contributed by atoms with Gasteiger partial charge in [0.1, 0.15) is 0 Å². The van der Waals surface area contributed by atoms with E-state index in [0.717, 1.165) is 17.7 Å². The molecule has 0 atom stereocenters. The molecule has 0 unspecified atom stereocenters.